The highest BCUT2D eigenvalue weighted by atomic mass is 79.9. The van der Waals surface area contributed by atoms with Crippen LogP contribution in [0.4, 0.5) is 0 Å². The number of carbonyl (C=O) groups is 2. The van der Waals surface area contributed by atoms with Gasteiger partial charge in [-0.05, 0) is 41.4 Å². The van der Waals surface area contributed by atoms with E-state index in [2.05, 4.69) is 22.9 Å². The van der Waals surface area contributed by atoms with Crippen molar-refractivity contribution in [1.82, 2.24) is 4.90 Å². The lowest BCUT2D eigenvalue weighted by atomic mass is 10.2. The molecule has 0 unspecified atom stereocenters. The fourth-order valence-electron chi connectivity index (χ4n) is 1.91. The zero-order valence-electron chi connectivity index (χ0n) is 12.6. The highest BCUT2D eigenvalue weighted by Crippen LogP contribution is 2.16. The average Bonchev–Trinajstić information content (AvgIpc) is 2.89. The van der Waals surface area contributed by atoms with E-state index >= 15 is 0 Å². The van der Waals surface area contributed by atoms with Crippen molar-refractivity contribution < 1.29 is 18.7 Å². The van der Waals surface area contributed by atoms with E-state index in [-0.39, 0.29) is 24.1 Å². The molecule has 118 valence electrons. The van der Waals surface area contributed by atoms with Crippen LogP contribution < -0.4 is 0 Å². The first-order chi connectivity index (χ1) is 10.1. The van der Waals surface area contributed by atoms with Crippen molar-refractivity contribution in [3.05, 3.63) is 22.6 Å². The number of amides is 1. The van der Waals surface area contributed by atoms with Crippen molar-refractivity contribution in [2.45, 2.75) is 39.5 Å². The van der Waals surface area contributed by atoms with Crippen LogP contribution in [0.25, 0.3) is 0 Å². The number of furan rings is 1. The molecular formula is C15H22BrNO4. The number of nitrogens with zero attached hydrogens (tertiary/aromatic N) is 1. The van der Waals surface area contributed by atoms with Gasteiger partial charge < -0.3 is 14.1 Å². The summed E-state index contributed by atoms with van der Waals surface area (Å²) >= 11 is 3.18. The van der Waals surface area contributed by atoms with E-state index < -0.39 is 0 Å². The number of hydrogen-bond acceptors (Lipinski definition) is 4. The minimum atomic E-state index is -0.286. The molecule has 0 aromatic carbocycles. The first-order valence-electron chi connectivity index (χ1n) is 7.28. The Morgan fingerprint density at radius 3 is 2.57 bits per heavy atom. The van der Waals surface area contributed by atoms with Crippen LogP contribution in [0.1, 0.15) is 50.1 Å². The maximum absolute atomic E-state index is 12.4. The molecule has 0 N–H and O–H groups in total. The van der Waals surface area contributed by atoms with Crippen LogP contribution >= 0.6 is 15.9 Å². The summed E-state index contributed by atoms with van der Waals surface area (Å²) < 4.78 is 10.7. The van der Waals surface area contributed by atoms with E-state index in [1.165, 1.54) is 0 Å². The molecule has 0 saturated heterocycles. The Bertz CT molecular complexity index is 458. The van der Waals surface area contributed by atoms with Gasteiger partial charge in [-0.1, -0.05) is 19.8 Å². The molecule has 1 amide bonds. The maximum atomic E-state index is 12.4. The standard InChI is InChI=1S/C15H22BrNO4/c1-3-5-6-10-17(11-9-14(18)20-4-2)15(19)12-7-8-13(16)21-12/h7-8H,3-6,9-11H2,1-2H3. The number of halogens is 1. The predicted molar refractivity (Wildman–Crippen MR) is 83.1 cm³/mol. The normalized spacial score (nSPS) is 10.4. The summed E-state index contributed by atoms with van der Waals surface area (Å²) in [6.45, 7) is 5.19. The van der Waals surface area contributed by atoms with Gasteiger partial charge in [-0.2, -0.15) is 0 Å². The molecule has 0 spiro atoms. The molecule has 0 atom stereocenters. The highest BCUT2D eigenvalue weighted by Gasteiger charge is 2.19. The Morgan fingerprint density at radius 2 is 2.00 bits per heavy atom. The molecule has 0 aliphatic carbocycles. The largest absolute Gasteiger partial charge is 0.466 e. The summed E-state index contributed by atoms with van der Waals surface area (Å²) in [4.78, 5) is 25.5. The molecule has 6 heteroatoms. The Labute approximate surface area is 133 Å². The van der Waals surface area contributed by atoms with Gasteiger partial charge in [0.05, 0.1) is 13.0 Å². The van der Waals surface area contributed by atoms with Gasteiger partial charge in [-0.25, -0.2) is 0 Å². The minimum absolute atomic E-state index is 0.193. The van der Waals surface area contributed by atoms with Crippen molar-refractivity contribution in [2.24, 2.45) is 0 Å². The highest BCUT2D eigenvalue weighted by molar-refractivity contribution is 9.10. The van der Waals surface area contributed by atoms with Crippen molar-refractivity contribution in [3.63, 3.8) is 0 Å². The minimum Gasteiger partial charge on any atom is -0.466 e. The SMILES string of the molecule is CCCCCN(CCC(=O)OCC)C(=O)c1ccc(Br)o1. The molecule has 0 bridgehead atoms. The molecule has 5 nitrogen and oxygen atoms in total. The Kier molecular flexibility index (Phi) is 8.12. The molecule has 21 heavy (non-hydrogen) atoms. The second-order valence-electron chi connectivity index (χ2n) is 4.66. The van der Waals surface area contributed by atoms with Crippen molar-refractivity contribution in [2.75, 3.05) is 19.7 Å². The van der Waals surface area contributed by atoms with Gasteiger partial charge in [0.1, 0.15) is 0 Å². The zero-order chi connectivity index (χ0) is 15.7. The van der Waals surface area contributed by atoms with E-state index in [0.29, 0.717) is 24.4 Å². The van der Waals surface area contributed by atoms with Gasteiger partial charge in [-0.3, -0.25) is 9.59 Å². The third-order valence-corrected chi connectivity index (χ3v) is 3.42. The molecule has 0 radical (unpaired) electrons. The van der Waals surface area contributed by atoms with E-state index in [9.17, 15) is 9.59 Å². The fourth-order valence-corrected chi connectivity index (χ4v) is 2.22. The number of esters is 1. The monoisotopic (exact) mass is 359 g/mol. The zero-order valence-corrected chi connectivity index (χ0v) is 14.1. The summed E-state index contributed by atoms with van der Waals surface area (Å²) in [7, 11) is 0. The number of unbranched alkanes of at least 4 members (excludes halogenated alkanes) is 2. The van der Waals surface area contributed by atoms with Gasteiger partial charge in [0, 0.05) is 13.1 Å². The van der Waals surface area contributed by atoms with Crippen LogP contribution in [0.2, 0.25) is 0 Å². The van der Waals surface area contributed by atoms with E-state index in [1.807, 2.05) is 0 Å². The van der Waals surface area contributed by atoms with Crippen LogP contribution in [0.5, 0.6) is 0 Å². The van der Waals surface area contributed by atoms with E-state index in [4.69, 9.17) is 9.15 Å². The lowest BCUT2D eigenvalue weighted by molar-refractivity contribution is -0.143. The molecule has 0 aliphatic heterocycles. The number of carbonyl (C=O) groups excluding carboxylic acids is 2. The van der Waals surface area contributed by atoms with Gasteiger partial charge in [0.15, 0.2) is 10.4 Å². The first-order valence-corrected chi connectivity index (χ1v) is 8.08. The fraction of sp³-hybridized carbons (Fsp3) is 0.600. The van der Waals surface area contributed by atoms with Gasteiger partial charge in [-0.15, -0.1) is 0 Å². The smallest absolute Gasteiger partial charge is 0.307 e. The molecular weight excluding hydrogens is 338 g/mol. The second kappa shape index (κ2) is 9.60. The third kappa shape index (κ3) is 6.33. The van der Waals surface area contributed by atoms with Crippen molar-refractivity contribution >= 4 is 27.8 Å². The van der Waals surface area contributed by atoms with Crippen LogP contribution in [0.3, 0.4) is 0 Å². The summed E-state index contributed by atoms with van der Waals surface area (Å²) in [5.74, 6) is -0.199. The number of hydrogen-bond donors (Lipinski definition) is 0. The van der Waals surface area contributed by atoms with Crippen molar-refractivity contribution in [3.8, 4) is 0 Å². The van der Waals surface area contributed by atoms with E-state index in [0.717, 1.165) is 19.3 Å². The second-order valence-corrected chi connectivity index (χ2v) is 5.44. The van der Waals surface area contributed by atoms with Crippen molar-refractivity contribution in [1.29, 1.82) is 0 Å². The van der Waals surface area contributed by atoms with Crippen LogP contribution in [-0.2, 0) is 9.53 Å². The first kappa shape index (κ1) is 17.8. The van der Waals surface area contributed by atoms with E-state index in [1.54, 1.807) is 24.0 Å². The lowest BCUT2D eigenvalue weighted by Gasteiger charge is -2.21. The lowest BCUT2D eigenvalue weighted by Crippen LogP contribution is -2.34. The van der Waals surface area contributed by atoms with Gasteiger partial charge in [0.25, 0.3) is 5.91 Å². The summed E-state index contributed by atoms with van der Waals surface area (Å²) in [5.41, 5.74) is 0. The molecule has 1 aromatic rings. The average molecular weight is 360 g/mol. The van der Waals surface area contributed by atoms with Gasteiger partial charge in [0.2, 0.25) is 0 Å². The Hall–Kier alpha value is -1.30. The van der Waals surface area contributed by atoms with Crippen LogP contribution in [0, 0.1) is 0 Å². The predicted octanol–water partition coefficient (Wildman–Crippen LogP) is 3.63. The summed E-state index contributed by atoms with van der Waals surface area (Å²) in [5, 5.41) is 0. The van der Waals surface area contributed by atoms with Crippen LogP contribution in [-0.4, -0.2) is 36.5 Å². The molecule has 1 aromatic heterocycles. The van der Waals surface area contributed by atoms with Gasteiger partial charge >= 0.3 is 5.97 Å². The number of rotatable bonds is 9. The maximum Gasteiger partial charge on any atom is 0.307 e. The molecule has 1 heterocycles. The molecule has 0 saturated carbocycles. The Morgan fingerprint density at radius 1 is 1.24 bits per heavy atom. The molecule has 0 fully saturated rings. The van der Waals surface area contributed by atoms with Crippen LogP contribution in [0.15, 0.2) is 21.2 Å². The Balaban J connectivity index is 2.62. The molecule has 1 rings (SSSR count). The quantitative estimate of drug-likeness (QED) is 0.498. The summed E-state index contributed by atoms with van der Waals surface area (Å²) in [6, 6.07) is 3.31. The summed E-state index contributed by atoms with van der Waals surface area (Å²) in [6.07, 6.45) is 3.23. The molecule has 0 aliphatic rings. The topological polar surface area (TPSA) is 59.8 Å². The number of ether oxygens (including phenoxy) is 1. The third-order valence-electron chi connectivity index (χ3n) is 2.99.